The van der Waals surface area contributed by atoms with E-state index in [1.165, 1.54) is 6.42 Å². The molecule has 4 rings (SSSR count). The Labute approximate surface area is 140 Å². The summed E-state index contributed by atoms with van der Waals surface area (Å²) in [6, 6.07) is 8.03. The van der Waals surface area contributed by atoms with E-state index in [0.717, 1.165) is 43.4 Å². The summed E-state index contributed by atoms with van der Waals surface area (Å²) in [5.41, 5.74) is 1.75. The molecule has 6 nitrogen and oxygen atoms in total. The fraction of sp³-hybridized carbons (Fsp3) is 0.389. The molecular weight excluding hydrogens is 302 g/mol. The molecule has 1 aliphatic rings. The van der Waals surface area contributed by atoms with Crippen LogP contribution >= 0.6 is 0 Å². The van der Waals surface area contributed by atoms with Crippen LogP contribution in [-0.4, -0.2) is 42.9 Å². The Bertz CT molecular complexity index is 790. The number of aromatic nitrogens is 4. The summed E-state index contributed by atoms with van der Waals surface area (Å²) in [6.07, 6.45) is 9.83. The van der Waals surface area contributed by atoms with Gasteiger partial charge in [0.1, 0.15) is 0 Å². The van der Waals surface area contributed by atoms with Crippen molar-refractivity contribution in [2.75, 3.05) is 6.54 Å². The lowest BCUT2D eigenvalue weighted by molar-refractivity contribution is 0.0584. The molecule has 3 heterocycles. The zero-order valence-electron chi connectivity index (χ0n) is 13.6. The molecule has 24 heavy (non-hydrogen) atoms. The van der Waals surface area contributed by atoms with E-state index in [9.17, 15) is 4.79 Å². The zero-order valence-corrected chi connectivity index (χ0v) is 13.6. The van der Waals surface area contributed by atoms with E-state index in [2.05, 4.69) is 19.5 Å². The van der Waals surface area contributed by atoms with Crippen molar-refractivity contribution in [3.8, 4) is 0 Å². The van der Waals surface area contributed by atoms with Crippen LogP contribution < -0.4 is 0 Å². The number of hydrogen-bond donors (Lipinski definition) is 1. The number of carbonyl (C=O) groups excluding carboxylic acids is 1. The molecular formula is C18H21N5O. The molecule has 0 bridgehead atoms. The third-order valence-electron chi connectivity index (χ3n) is 4.76. The average molecular weight is 323 g/mol. The van der Waals surface area contributed by atoms with Crippen LogP contribution in [0.4, 0.5) is 0 Å². The van der Waals surface area contributed by atoms with E-state index < -0.39 is 0 Å². The van der Waals surface area contributed by atoms with E-state index in [1.54, 1.807) is 6.20 Å². The fourth-order valence-corrected chi connectivity index (χ4v) is 3.48. The first-order chi connectivity index (χ1) is 11.8. The summed E-state index contributed by atoms with van der Waals surface area (Å²) in [5.74, 6) is 0.465. The van der Waals surface area contributed by atoms with Crippen LogP contribution in [0.2, 0.25) is 0 Å². The standard InChI is InChI=1S/C18H21N5O/c24-18(17-20-15-6-1-2-7-16(15)21-17)23-10-4-3-5-14(23)8-11-22-12-9-19-13-22/h1-2,6-7,9,12-14H,3-5,8,10-11H2,(H,20,21)/t14-/m1/s1. The van der Waals surface area contributed by atoms with E-state index in [0.29, 0.717) is 5.82 Å². The van der Waals surface area contributed by atoms with Crippen molar-refractivity contribution in [2.45, 2.75) is 38.3 Å². The molecule has 1 atom stereocenters. The van der Waals surface area contributed by atoms with Gasteiger partial charge >= 0.3 is 0 Å². The number of imidazole rings is 2. The van der Waals surface area contributed by atoms with Crippen molar-refractivity contribution in [3.05, 3.63) is 48.8 Å². The van der Waals surface area contributed by atoms with Gasteiger partial charge in [-0.1, -0.05) is 12.1 Å². The highest BCUT2D eigenvalue weighted by molar-refractivity contribution is 5.94. The second-order valence-electron chi connectivity index (χ2n) is 6.34. The van der Waals surface area contributed by atoms with Crippen LogP contribution in [0.25, 0.3) is 11.0 Å². The number of aryl methyl sites for hydroxylation is 1. The van der Waals surface area contributed by atoms with Gasteiger partial charge in [0.2, 0.25) is 0 Å². The SMILES string of the molecule is O=C(c1nc2ccccc2[nH]1)N1CCCC[C@@H]1CCn1ccnc1. The molecule has 1 N–H and O–H groups in total. The van der Waals surface area contributed by atoms with Crippen LogP contribution in [-0.2, 0) is 6.54 Å². The number of nitrogens with zero attached hydrogens (tertiary/aromatic N) is 4. The van der Waals surface area contributed by atoms with E-state index in [-0.39, 0.29) is 11.9 Å². The first kappa shape index (κ1) is 14.9. The van der Waals surface area contributed by atoms with Gasteiger partial charge in [-0.2, -0.15) is 0 Å². The highest BCUT2D eigenvalue weighted by atomic mass is 16.2. The average Bonchev–Trinajstić information content (AvgIpc) is 3.29. The first-order valence-electron chi connectivity index (χ1n) is 8.53. The summed E-state index contributed by atoms with van der Waals surface area (Å²) in [7, 11) is 0. The summed E-state index contributed by atoms with van der Waals surface area (Å²) in [5, 5.41) is 0. The lowest BCUT2D eigenvalue weighted by Crippen LogP contribution is -2.44. The lowest BCUT2D eigenvalue weighted by Gasteiger charge is -2.35. The third kappa shape index (κ3) is 2.91. The zero-order chi connectivity index (χ0) is 16.4. The Morgan fingerprint density at radius 1 is 1.29 bits per heavy atom. The topological polar surface area (TPSA) is 66.8 Å². The number of nitrogens with one attached hydrogen (secondary N) is 1. The third-order valence-corrected chi connectivity index (χ3v) is 4.76. The van der Waals surface area contributed by atoms with Gasteiger partial charge in [-0.05, 0) is 37.8 Å². The quantitative estimate of drug-likeness (QED) is 0.803. The molecule has 1 amide bonds. The predicted molar refractivity (Wildman–Crippen MR) is 91.6 cm³/mol. The molecule has 1 fully saturated rings. The number of rotatable bonds is 4. The lowest BCUT2D eigenvalue weighted by atomic mass is 9.99. The van der Waals surface area contributed by atoms with Crippen molar-refractivity contribution in [1.29, 1.82) is 0 Å². The van der Waals surface area contributed by atoms with Gasteiger partial charge < -0.3 is 14.5 Å². The molecule has 124 valence electrons. The monoisotopic (exact) mass is 323 g/mol. The minimum atomic E-state index is 0.0153. The van der Waals surface area contributed by atoms with Gasteiger partial charge in [0.25, 0.3) is 5.91 Å². The molecule has 0 saturated carbocycles. The maximum atomic E-state index is 13.0. The van der Waals surface area contributed by atoms with Gasteiger partial charge in [-0.25, -0.2) is 9.97 Å². The highest BCUT2D eigenvalue weighted by Gasteiger charge is 2.28. The van der Waals surface area contributed by atoms with E-state index in [1.807, 2.05) is 41.7 Å². The van der Waals surface area contributed by atoms with Gasteiger partial charge in [0.15, 0.2) is 5.82 Å². The number of benzene rings is 1. The molecule has 1 saturated heterocycles. The maximum Gasteiger partial charge on any atom is 0.289 e. The van der Waals surface area contributed by atoms with Crippen molar-refractivity contribution < 1.29 is 4.79 Å². The van der Waals surface area contributed by atoms with Gasteiger partial charge in [0.05, 0.1) is 17.4 Å². The largest absolute Gasteiger partial charge is 0.337 e. The fourth-order valence-electron chi connectivity index (χ4n) is 3.48. The summed E-state index contributed by atoms with van der Waals surface area (Å²) in [6.45, 7) is 1.69. The molecule has 6 heteroatoms. The van der Waals surface area contributed by atoms with Crippen molar-refractivity contribution in [1.82, 2.24) is 24.4 Å². The number of para-hydroxylation sites is 2. The maximum absolute atomic E-state index is 13.0. The molecule has 0 unspecified atom stereocenters. The van der Waals surface area contributed by atoms with Gasteiger partial charge in [-0.15, -0.1) is 0 Å². The number of H-pyrrole nitrogens is 1. The molecule has 0 aliphatic carbocycles. The molecule has 1 aliphatic heterocycles. The number of amides is 1. The summed E-state index contributed by atoms with van der Waals surface area (Å²) < 4.78 is 2.07. The molecule has 1 aromatic carbocycles. The number of piperidine rings is 1. The summed E-state index contributed by atoms with van der Waals surface area (Å²) in [4.78, 5) is 26.7. The van der Waals surface area contributed by atoms with Gasteiger partial charge in [-0.3, -0.25) is 4.79 Å². The molecule has 0 spiro atoms. The summed E-state index contributed by atoms with van der Waals surface area (Å²) >= 11 is 0. The van der Waals surface area contributed by atoms with E-state index >= 15 is 0 Å². The molecule has 2 aromatic heterocycles. The minimum absolute atomic E-state index is 0.0153. The number of aromatic amines is 1. The van der Waals surface area contributed by atoms with Crippen molar-refractivity contribution in [3.63, 3.8) is 0 Å². The number of carbonyl (C=O) groups is 1. The highest BCUT2D eigenvalue weighted by Crippen LogP contribution is 2.23. The second-order valence-corrected chi connectivity index (χ2v) is 6.34. The van der Waals surface area contributed by atoms with E-state index in [4.69, 9.17) is 0 Å². The predicted octanol–water partition coefficient (Wildman–Crippen LogP) is 2.84. The molecule has 3 aromatic rings. The Morgan fingerprint density at radius 2 is 2.21 bits per heavy atom. The number of hydrogen-bond acceptors (Lipinski definition) is 3. The van der Waals surface area contributed by atoms with Crippen LogP contribution in [0, 0.1) is 0 Å². The number of likely N-dealkylation sites (tertiary alicyclic amines) is 1. The Hall–Kier alpha value is -2.63. The Kier molecular flexibility index (Phi) is 4.02. The van der Waals surface area contributed by atoms with Crippen LogP contribution in [0.1, 0.15) is 36.3 Å². The number of fused-ring (bicyclic) bond motifs is 1. The molecule has 0 radical (unpaired) electrons. The van der Waals surface area contributed by atoms with Gasteiger partial charge in [0, 0.05) is 31.5 Å². The van der Waals surface area contributed by atoms with Crippen molar-refractivity contribution >= 4 is 16.9 Å². The van der Waals surface area contributed by atoms with Crippen LogP contribution in [0.5, 0.6) is 0 Å². The van der Waals surface area contributed by atoms with Crippen LogP contribution in [0.15, 0.2) is 43.0 Å². The smallest absolute Gasteiger partial charge is 0.289 e. The minimum Gasteiger partial charge on any atom is -0.337 e. The first-order valence-corrected chi connectivity index (χ1v) is 8.53. The Balaban J connectivity index is 1.51. The normalized spacial score (nSPS) is 18.2. The van der Waals surface area contributed by atoms with Crippen molar-refractivity contribution in [2.24, 2.45) is 0 Å². The van der Waals surface area contributed by atoms with Crippen LogP contribution in [0.3, 0.4) is 0 Å². The Morgan fingerprint density at radius 3 is 3.04 bits per heavy atom. The second kappa shape index (κ2) is 6.47.